The smallest absolute Gasteiger partial charge is 0.0837 e. The van der Waals surface area contributed by atoms with Crippen molar-refractivity contribution in [1.82, 2.24) is 0 Å². The zero-order valence-electron chi connectivity index (χ0n) is 9.98. The van der Waals surface area contributed by atoms with Crippen LogP contribution < -0.4 is 0 Å². The third kappa shape index (κ3) is 2.54. The average molecular weight is 212 g/mol. The van der Waals surface area contributed by atoms with Crippen molar-refractivity contribution in [2.75, 3.05) is 6.61 Å². The van der Waals surface area contributed by atoms with E-state index in [1.165, 1.54) is 19.3 Å². The summed E-state index contributed by atoms with van der Waals surface area (Å²) in [6.07, 6.45) is 5.75. The van der Waals surface area contributed by atoms with Crippen LogP contribution in [0.4, 0.5) is 0 Å². The molecule has 5 unspecified atom stereocenters. The maximum Gasteiger partial charge on any atom is 0.0837 e. The van der Waals surface area contributed by atoms with Crippen LogP contribution in [0.5, 0.6) is 0 Å². The van der Waals surface area contributed by atoms with Crippen molar-refractivity contribution < 1.29 is 9.84 Å². The van der Waals surface area contributed by atoms with Crippen molar-refractivity contribution in [3.05, 3.63) is 0 Å². The van der Waals surface area contributed by atoms with Crippen molar-refractivity contribution in [3.8, 4) is 0 Å². The van der Waals surface area contributed by atoms with Gasteiger partial charge in [-0.3, -0.25) is 0 Å². The van der Waals surface area contributed by atoms with Crippen LogP contribution in [0, 0.1) is 17.8 Å². The molecule has 2 aliphatic rings. The van der Waals surface area contributed by atoms with Gasteiger partial charge < -0.3 is 9.84 Å². The molecule has 1 saturated heterocycles. The van der Waals surface area contributed by atoms with Crippen LogP contribution in [0.1, 0.15) is 46.0 Å². The van der Waals surface area contributed by atoms with E-state index < -0.39 is 0 Å². The van der Waals surface area contributed by atoms with E-state index in [1.54, 1.807) is 0 Å². The Morgan fingerprint density at radius 2 is 1.93 bits per heavy atom. The van der Waals surface area contributed by atoms with Gasteiger partial charge >= 0.3 is 0 Å². The second-order valence-corrected chi connectivity index (χ2v) is 5.57. The molecule has 0 amide bonds. The maximum atomic E-state index is 10.3. The predicted molar refractivity (Wildman–Crippen MR) is 60.6 cm³/mol. The molecular weight excluding hydrogens is 188 g/mol. The van der Waals surface area contributed by atoms with Gasteiger partial charge in [0.1, 0.15) is 0 Å². The van der Waals surface area contributed by atoms with Crippen LogP contribution in [-0.4, -0.2) is 23.9 Å². The minimum atomic E-state index is -0.206. The van der Waals surface area contributed by atoms with E-state index in [2.05, 4.69) is 13.8 Å². The number of hydrogen-bond donors (Lipinski definition) is 1. The van der Waals surface area contributed by atoms with E-state index in [0.29, 0.717) is 5.92 Å². The number of aliphatic hydroxyl groups excluding tert-OH is 1. The van der Waals surface area contributed by atoms with Crippen LogP contribution in [0.25, 0.3) is 0 Å². The van der Waals surface area contributed by atoms with Crippen LogP contribution in [0.3, 0.4) is 0 Å². The summed E-state index contributed by atoms with van der Waals surface area (Å²) in [4.78, 5) is 0. The lowest BCUT2D eigenvalue weighted by Gasteiger charge is -2.36. The molecule has 0 aromatic rings. The molecule has 2 fully saturated rings. The third-order valence-electron chi connectivity index (χ3n) is 4.47. The second kappa shape index (κ2) is 4.84. The van der Waals surface area contributed by atoms with Gasteiger partial charge in [-0.05, 0) is 43.4 Å². The topological polar surface area (TPSA) is 29.5 Å². The summed E-state index contributed by atoms with van der Waals surface area (Å²) in [5, 5.41) is 10.3. The molecule has 15 heavy (non-hydrogen) atoms. The SMILES string of the molecule is CC1CCC(C(O)C2CCCO2)CC1C. The van der Waals surface area contributed by atoms with Crippen molar-refractivity contribution in [1.29, 1.82) is 0 Å². The normalized spacial score (nSPS) is 44.2. The largest absolute Gasteiger partial charge is 0.390 e. The predicted octanol–water partition coefficient (Wildman–Crippen LogP) is 2.60. The molecule has 0 aromatic carbocycles. The van der Waals surface area contributed by atoms with Crippen molar-refractivity contribution in [2.24, 2.45) is 17.8 Å². The van der Waals surface area contributed by atoms with E-state index >= 15 is 0 Å². The lowest BCUT2D eigenvalue weighted by atomic mass is 9.73. The summed E-state index contributed by atoms with van der Waals surface area (Å²) >= 11 is 0. The zero-order chi connectivity index (χ0) is 10.8. The maximum absolute atomic E-state index is 10.3. The molecule has 2 nitrogen and oxygen atoms in total. The Labute approximate surface area is 93.0 Å². The Bertz CT molecular complexity index is 199. The first-order valence-electron chi connectivity index (χ1n) is 6.48. The van der Waals surface area contributed by atoms with E-state index in [4.69, 9.17) is 4.74 Å². The molecule has 1 heterocycles. The molecule has 1 aliphatic carbocycles. The van der Waals surface area contributed by atoms with Crippen LogP contribution in [0.2, 0.25) is 0 Å². The van der Waals surface area contributed by atoms with Gasteiger partial charge in [-0.2, -0.15) is 0 Å². The highest BCUT2D eigenvalue weighted by molar-refractivity contribution is 4.85. The highest BCUT2D eigenvalue weighted by atomic mass is 16.5. The highest BCUT2D eigenvalue weighted by Gasteiger charge is 2.34. The second-order valence-electron chi connectivity index (χ2n) is 5.57. The molecule has 2 rings (SSSR count). The Kier molecular flexibility index (Phi) is 3.68. The van der Waals surface area contributed by atoms with Crippen LogP contribution in [0.15, 0.2) is 0 Å². The van der Waals surface area contributed by atoms with Crippen molar-refractivity contribution in [3.63, 3.8) is 0 Å². The summed E-state index contributed by atoms with van der Waals surface area (Å²) in [5.74, 6) is 2.08. The zero-order valence-corrected chi connectivity index (χ0v) is 9.98. The lowest BCUT2D eigenvalue weighted by molar-refractivity contribution is -0.0488. The van der Waals surface area contributed by atoms with Gasteiger partial charge in [-0.25, -0.2) is 0 Å². The van der Waals surface area contributed by atoms with Gasteiger partial charge in [0.15, 0.2) is 0 Å². The number of rotatable bonds is 2. The fraction of sp³-hybridized carbons (Fsp3) is 1.00. The van der Waals surface area contributed by atoms with Gasteiger partial charge in [-0.15, -0.1) is 0 Å². The number of ether oxygens (including phenoxy) is 1. The van der Waals surface area contributed by atoms with Gasteiger partial charge in [0, 0.05) is 6.61 Å². The monoisotopic (exact) mass is 212 g/mol. The quantitative estimate of drug-likeness (QED) is 0.762. The molecule has 0 radical (unpaired) electrons. The molecule has 1 N–H and O–H groups in total. The standard InChI is InChI=1S/C13H24O2/c1-9-5-6-11(8-10(9)2)13(14)12-4-3-7-15-12/h9-14H,3-8H2,1-2H3. The summed E-state index contributed by atoms with van der Waals surface area (Å²) in [7, 11) is 0. The van der Waals surface area contributed by atoms with Gasteiger partial charge in [0.05, 0.1) is 12.2 Å². The highest BCUT2D eigenvalue weighted by Crippen LogP contribution is 2.37. The van der Waals surface area contributed by atoms with E-state index in [-0.39, 0.29) is 12.2 Å². The van der Waals surface area contributed by atoms with Crippen molar-refractivity contribution >= 4 is 0 Å². The molecule has 2 heteroatoms. The first kappa shape index (κ1) is 11.4. The lowest BCUT2D eigenvalue weighted by Crippen LogP contribution is -2.37. The molecule has 88 valence electrons. The molecule has 1 aliphatic heterocycles. The Morgan fingerprint density at radius 3 is 2.53 bits per heavy atom. The number of aliphatic hydroxyl groups is 1. The molecule has 0 bridgehead atoms. The molecule has 1 saturated carbocycles. The van der Waals surface area contributed by atoms with E-state index in [1.807, 2.05) is 0 Å². The average Bonchev–Trinajstić information content (AvgIpc) is 2.74. The first-order valence-corrected chi connectivity index (χ1v) is 6.48. The van der Waals surface area contributed by atoms with E-state index in [9.17, 15) is 5.11 Å². The number of hydrogen-bond acceptors (Lipinski definition) is 2. The summed E-state index contributed by atoms with van der Waals surface area (Å²) in [6.45, 7) is 5.50. The fourth-order valence-corrected chi connectivity index (χ4v) is 3.07. The van der Waals surface area contributed by atoms with Crippen LogP contribution in [-0.2, 0) is 4.74 Å². The van der Waals surface area contributed by atoms with Gasteiger partial charge in [-0.1, -0.05) is 20.3 Å². The van der Waals surface area contributed by atoms with Gasteiger partial charge in [0.2, 0.25) is 0 Å². The molecule has 0 spiro atoms. The van der Waals surface area contributed by atoms with E-state index in [0.717, 1.165) is 31.3 Å². The Hall–Kier alpha value is -0.0800. The molecule has 5 atom stereocenters. The summed E-state index contributed by atoms with van der Waals surface area (Å²) in [6, 6.07) is 0. The Morgan fingerprint density at radius 1 is 1.13 bits per heavy atom. The molecule has 0 aromatic heterocycles. The minimum Gasteiger partial charge on any atom is -0.390 e. The summed E-state index contributed by atoms with van der Waals surface area (Å²) < 4.78 is 5.58. The van der Waals surface area contributed by atoms with Gasteiger partial charge in [0.25, 0.3) is 0 Å². The fourth-order valence-electron chi connectivity index (χ4n) is 3.07. The minimum absolute atomic E-state index is 0.135. The third-order valence-corrected chi connectivity index (χ3v) is 4.47. The van der Waals surface area contributed by atoms with Crippen molar-refractivity contribution in [2.45, 2.75) is 58.2 Å². The summed E-state index contributed by atoms with van der Waals surface area (Å²) in [5.41, 5.74) is 0. The first-order chi connectivity index (χ1) is 7.18. The Balaban J connectivity index is 1.87. The molecular formula is C13H24O2. The van der Waals surface area contributed by atoms with Crippen LogP contribution >= 0.6 is 0 Å².